The van der Waals surface area contributed by atoms with Gasteiger partial charge in [0, 0.05) is 19.8 Å². The molecule has 0 aromatic rings. The summed E-state index contributed by atoms with van der Waals surface area (Å²) in [4.78, 5) is 2.04. The Bertz CT molecular complexity index is 141. The Hall–Kier alpha value is -0.590. The van der Waals surface area contributed by atoms with Crippen molar-refractivity contribution in [2.45, 2.75) is 6.92 Å². The molecule has 0 bridgehead atoms. The number of nitriles is 1. The third-order valence-corrected chi connectivity index (χ3v) is 1.67. The van der Waals surface area contributed by atoms with E-state index in [2.05, 4.69) is 6.07 Å². The zero-order valence-corrected chi connectivity index (χ0v) is 5.59. The molecule has 0 amide bonds. The fraction of sp³-hybridized carbons (Fsp3) is 0.833. The van der Waals surface area contributed by atoms with Gasteiger partial charge in [0.25, 0.3) is 0 Å². The van der Waals surface area contributed by atoms with Crippen LogP contribution < -0.4 is 5.73 Å². The van der Waals surface area contributed by atoms with Crippen molar-refractivity contribution in [1.82, 2.24) is 4.90 Å². The van der Waals surface area contributed by atoms with Crippen LogP contribution in [-0.2, 0) is 0 Å². The zero-order valence-electron chi connectivity index (χ0n) is 5.59. The van der Waals surface area contributed by atoms with E-state index in [1.807, 2.05) is 11.8 Å². The SMILES string of the molecule is CC1(C#N)CN(CN)C1. The van der Waals surface area contributed by atoms with Crippen LogP contribution in [0.3, 0.4) is 0 Å². The van der Waals surface area contributed by atoms with E-state index in [1.54, 1.807) is 0 Å². The second-order valence-electron chi connectivity index (χ2n) is 2.84. The summed E-state index contributed by atoms with van der Waals surface area (Å²) in [6.45, 7) is 4.20. The van der Waals surface area contributed by atoms with E-state index in [4.69, 9.17) is 11.0 Å². The Morgan fingerprint density at radius 1 is 1.78 bits per heavy atom. The highest BCUT2D eigenvalue weighted by molar-refractivity contribution is 5.05. The van der Waals surface area contributed by atoms with E-state index in [0.717, 1.165) is 13.1 Å². The lowest BCUT2D eigenvalue weighted by molar-refractivity contribution is 0.0635. The minimum absolute atomic E-state index is 0.112. The summed E-state index contributed by atoms with van der Waals surface area (Å²) in [5, 5.41) is 8.54. The highest BCUT2D eigenvalue weighted by Crippen LogP contribution is 2.26. The highest BCUT2D eigenvalue weighted by atomic mass is 15.2. The topological polar surface area (TPSA) is 53.0 Å². The van der Waals surface area contributed by atoms with E-state index >= 15 is 0 Å². The number of hydrogen-bond acceptors (Lipinski definition) is 3. The van der Waals surface area contributed by atoms with E-state index in [0.29, 0.717) is 6.67 Å². The third-order valence-electron chi connectivity index (χ3n) is 1.67. The molecule has 0 aliphatic carbocycles. The van der Waals surface area contributed by atoms with Gasteiger partial charge in [0.2, 0.25) is 0 Å². The molecule has 3 heteroatoms. The molecule has 0 atom stereocenters. The number of likely N-dealkylation sites (tertiary alicyclic amines) is 1. The summed E-state index contributed by atoms with van der Waals surface area (Å²) >= 11 is 0. The smallest absolute Gasteiger partial charge is 0.0799 e. The summed E-state index contributed by atoms with van der Waals surface area (Å²) in [5.41, 5.74) is 5.21. The average molecular weight is 125 g/mol. The van der Waals surface area contributed by atoms with Gasteiger partial charge in [0.05, 0.1) is 11.5 Å². The summed E-state index contributed by atoms with van der Waals surface area (Å²) in [7, 11) is 0. The van der Waals surface area contributed by atoms with Crippen LogP contribution in [-0.4, -0.2) is 24.7 Å². The minimum Gasteiger partial charge on any atom is -0.318 e. The van der Waals surface area contributed by atoms with Gasteiger partial charge >= 0.3 is 0 Å². The molecular formula is C6H11N3. The molecule has 50 valence electrons. The number of hydrogen-bond donors (Lipinski definition) is 1. The van der Waals surface area contributed by atoms with Crippen molar-refractivity contribution in [2.24, 2.45) is 11.1 Å². The first-order valence-corrected chi connectivity index (χ1v) is 3.04. The maximum Gasteiger partial charge on any atom is 0.0799 e. The van der Waals surface area contributed by atoms with Gasteiger partial charge in [0.1, 0.15) is 0 Å². The molecule has 1 saturated heterocycles. The van der Waals surface area contributed by atoms with Crippen LogP contribution in [0.25, 0.3) is 0 Å². The summed E-state index contributed by atoms with van der Waals surface area (Å²) < 4.78 is 0. The molecular weight excluding hydrogens is 114 g/mol. The largest absolute Gasteiger partial charge is 0.318 e. The first-order valence-electron chi connectivity index (χ1n) is 3.04. The first kappa shape index (κ1) is 6.53. The van der Waals surface area contributed by atoms with Gasteiger partial charge in [-0.05, 0) is 6.92 Å². The minimum atomic E-state index is -0.112. The van der Waals surface area contributed by atoms with Crippen LogP contribution in [0.5, 0.6) is 0 Å². The zero-order chi connectivity index (χ0) is 6.91. The maximum absolute atomic E-state index is 8.54. The summed E-state index contributed by atoms with van der Waals surface area (Å²) in [6.07, 6.45) is 0. The monoisotopic (exact) mass is 125 g/mol. The van der Waals surface area contributed by atoms with Crippen molar-refractivity contribution in [1.29, 1.82) is 5.26 Å². The van der Waals surface area contributed by atoms with Crippen molar-refractivity contribution in [3.8, 4) is 6.07 Å². The van der Waals surface area contributed by atoms with Crippen LogP contribution >= 0.6 is 0 Å². The molecule has 3 nitrogen and oxygen atoms in total. The predicted molar refractivity (Wildman–Crippen MR) is 34.3 cm³/mol. The van der Waals surface area contributed by atoms with E-state index in [9.17, 15) is 0 Å². The van der Waals surface area contributed by atoms with Gasteiger partial charge < -0.3 is 5.73 Å². The van der Waals surface area contributed by atoms with Crippen LogP contribution in [0.15, 0.2) is 0 Å². The number of rotatable bonds is 1. The molecule has 0 spiro atoms. The van der Waals surface area contributed by atoms with E-state index < -0.39 is 0 Å². The lowest BCUT2D eigenvalue weighted by Gasteiger charge is -2.42. The van der Waals surface area contributed by atoms with E-state index in [-0.39, 0.29) is 5.41 Å². The Morgan fingerprint density at radius 2 is 2.33 bits per heavy atom. The molecule has 1 aliphatic rings. The standard InChI is InChI=1S/C6H11N3/c1-6(2-7)3-9(4-6)5-8/h3-5,8H2,1H3. The Kier molecular flexibility index (Phi) is 1.43. The summed E-state index contributed by atoms with van der Waals surface area (Å²) in [6, 6.07) is 2.24. The van der Waals surface area contributed by atoms with Gasteiger partial charge in [-0.3, -0.25) is 4.90 Å². The van der Waals surface area contributed by atoms with Gasteiger partial charge in [-0.1, -0.05) is 0 Å². The number of nitrogens with zero attached hydrogens (tertiary/aromatic N) is 2. The van der Waals surface area contributed by atoms with Crippen molar-refractivity contribution in [3.05, 3.63) is 0 Å². The van der Waals surface area contributed by atoms with Crippen molar-refractivity contribution >= 4 is 0 Å². The molecule has 1 aliphatic heterocycles. The summed E-state index contributed by atoms with van der Waals surface area (Å²) in [5.74, 6) is 0. The Balaban J connectivity index is 2.35. The average Bonchev–Trinajstić information content (AvgIpc) is 1.81. The quantitative estimate of drug-likeness (QED) is 0.525. The molecule has 0 aromatic carbocycles. The molecule has 0 aromatic heterocycles. The van der Waals surface area contributed by atoms with Crippen LogP contribution in [0, 0.1) is 16.7 Å². The molecule has 1 rings (SSSR count). The fourth-order valence-electron chi connectivity index (χ4n) is 1.14. The Morgan fingerprint density at radius 3 is 2.67 bits per heavy atom. The molecule has 0 saturated carbocycles. The normalized spacial score (nSPS) is 24.6. The highest BCUT2D eigenvalue weighted by Gasteiger charge is 2.37. The first-order chi connectivity index (χ1) is 4.20. The van der Waals surface area contributed by atoms with Gasteiger partial charge in [-0.2, -0.15) is 5.26 Å². The third kappa shape index (κ3) is 1.04. The van der Waals surface area contributed by atoms with Crippen molar-refractivity contribution in [2.75, 3.05) is 19.8 Å². The molecule has 0 radical (unpaired) electrons. The van der Waals surface area contributed by atoms with Gasteiger partial charge in [0.15, 0.2) is 0 Å². The van der Waals surface area contributed by atoms with Gasteiger partial charge in [-0.25, -0.2) is 0 Å². The van der Waals surface area contributed by atoms with Crippen molar-refractivity contribution < 1.29 is 0 Å². The fourth-order valence-corrected chi connectivity index (χ4v) is 1.14. The molecule has 9 heavy (non-hydrogen) atoms. The van der Waals surface area contributed by atoms with Crippen molar-refractivity contribution in [3.63, 3.8) is 0 Å². The van der Waals surface area contributed by atoms with E-state index in [1.165, 1.54) is 0 Å². The van der Waals surface area contributed by atoms with Gasteiger partial charge in [-0.15, -0.1) is 0 Å². The molecule has 1 fully saturated rings. The Labute approximate surface area is 55.1 Å². The van der Waals surface area contributed by atoms with Crippen LogP contribution in [0.4, 0.5) is 0 Å². The van der Waals surface area contributed by atoms with Crippen LogP contribution in [0.1, 0.15) is 6.92 Å². The second kappa shape index (κ2) is 1.98. The van der Waals surface area contributed by atoms with Crippen LogP contribution in [0.2, 0.25) is 0 Å². The molecule has 2 N–H and O–H groups in total. The molecule has 0 unspecified atom stereocenters. The lowest BCUT2D eigenvalue weighted by atomic mass is 9.84. The second-order valence-corrected chi connectivity index (χ2v) is 2.84. The predicted octanol–water partition coefficient (Wildman–Crippen LogP) is -0.252. The lowest BCUT2D eigenvalue weighted by Crippen LogP contribution is -2.55. The molecule has 1 heterocycles. The number of nitrogens with two attached hydrogens (primary N) is 1. The maximum atomic E-state index is 8.54.